The first-order chi connectivity index (χ1) is 8.82. The fourth-order valence-corrected chi connectivity index (χ4v) is 2.69. The van der Waals surface area contributed by atoms with Crippen LogP contribution in [-0.2, 0) is 11.6 Å². The number of aromatic nitrogens is 1. The Bertz CT molecular complexity index is 657. The maximum Gasteiger partial charge on any atom is 0.417 e. The zero-order chi connectivity index (χ0) is 13.8. The van der Waals surface area contributed by atoms with Crippen molar-refractivity contribution in [3.05, 3.63) is 53.2 Å². The second-order valence-electron chi connectivity index (χ2n) is 5.29. The van der Waals surface area contributed by atoms with Crippen molar-refractivity contribution in [2.75, 3.05) is 0 Å². The van der Waals surface area contributed by atoms with E-state index < -0.39 is 17.2 Å². The van der Waals surface area contributed by atoms with E-state index in [1.54, 1.807) is 0 Å². The molecule has 0 atom stereocenters. The normalized spacial score (nSPS) is 16.1. The summed E-state index contributed by atoms with van der Waals surface area (Å²) in [7, 11) is 0. The molecule has 3 rings (SSSR count). The van der Waals surface area contributed by atoms with E-state index in [0.29, 0.717) is 11.3 Å². The third-order valence-corrected chi connectivity index (χ3v) is 3.74. The van der Waals surface area contributed by atoms with E-state index >= 15 is 0 Å². The lowest BCUT2D eigenvalue weighted by molar-refractivity contribution is -0.137. The van der Waals surface area contributed by atoms with Crippen molar-refractivity contribution in [3.8, 4) is 11.3 Å². The summed E-state index contributed by atoms with van der Waals surface area (Å²) in [5.74, 6) is 0. The monoisotopic (exact) mass is 263 g/mol. The van der Waals surface area contributed by atoms with Gasteiger partial charge in [-0.15, -0.1) is 0 Å². The molecule has 1 aromatic heterocycles. The minimum atomic E-state index is -4.35. The maximum absolute atomic E-state index is 12.8. The van der Waals surface area contributed by atoms with E-state index in [1.807, 2.05) is 38.1 Å². The van der Waals surface area contributed by atoms with Gasteiger partial charge < -0.3 is 0 Å². The number of nitrogens with zero attached hydrogens (tertiary/aromatic N) is 1. The van der Waals surface area contributed by atoms with Gasteiger partial charge in [-0.05, 0) is 17.2 Å². The van der Waals surface area contributed by atoms with Gasteiger partial charge in [0.05, 0.1) is 11.3 Å². The van der Waals surface area contributed by atoms with Crippen LogP contribution in [0.2, 0.25) is 0 Å². The second kappa shape index (κ2) is 3.59. The molecule has 1 aromatic carbocycles. The number of benzene rings is 1. The highest BCUT2D eigenvalue weighted by Crippen LogP contribution is 2.48. The summed E-state index contributed by atoms with van der Waals surface area (Å²) < 4.78 is 38.4. The van der Waals surface area contributed by atoms with E-state index in [1.165, 1.54) is 6.07 Å². The van der Waals surface area contributed by atoms with Crippen LogP contribution < -0.4 is 0 Å². The fourth-order valence-electron chi connectivity index (χ4n) is 2.69. The van der Waals surface area contributed by atoms with E-state index in [4.69, 9.17) is 0 Å². The topological polar surface area (TPSA) is 12.9 Å². The number of alkyl halides is 3. The van der Waals surface area contributed by atoms with Crippen LogP contribution in [0.5, 0.6) is 0 Å². The smallest absolute Gasteiger partial charge is 0.255 e. The minimum Gasteiger partial charge on any atom is -0.255 e. The van der Waals surface area contributed by atoms with E-state index in [2.05, 4.69) is 4.98 Å². The number of halogens is 3. The molecule has 19 heavy (non-hydrogen) atoms. The zero-order valence-corrected chi connectivity index (χ0v) is 10.5. The number of fused-ring (bicyclic) bond motifs is 3. The summed E-state index contributed by atoms with van der Waals surface area (Å²) in [4.78, 5) is 4.04. The van der Waals surface area contributed by atoms with Crippen LogP contribution >= 0.6 is 0 Å². The van der Waals surface area contributed by atoms with Gasteiger partial charge in [0.25, 0.3) is 0 Å². The molecule has 1 aliphatic carbocycles. The second-order valence-corrected chi connectivity index (χ2v) is 5.29. The molecule has 98 valence electrons. The summed E-state index contributed by atoms with van der Waals surface area (Å²) >= 11 is 0. The van der Waals surface area contributed by atoms with Crippen molar-refractivity contribution in [2.24, 2.45) is 0 Å². The standard InChI is InChI=1S/C15H12F3N/c1-14(2)11-6-4-3-5-10(11)13-12(14)7-9(8-19-13)15(16,17)18/h3-8H,1-2H3. The Kier molecular flexibility index (Phi) is 2.31. The van der Waals surface area contributed by atoms with Crippen molar-refractivity contribution in [3.63, 3.8) is 0 Å². The number of hydrogen-bond acceptors (Lipinski definition) is 1. The van der Waals surface area contributed by atoms with Gasteiger partial charge in [-0.1, -0.05) is 38.1 Å². The first kappa shape index (κ1) is 12.2. The van der Waals surface area contributed by atoms with Crippen LogP contribution in [0.3, 0.4) is 0 Å². The van der Waals surface area contributed by atoms with E-state index in [9.17, 15) is 13.2 Å². The summed E-state index contributed by atoms with van der Waals surface area (Å²) in [5.41, 5.74) is 2.12. The lowest BCUT2D eigenvalue weighted by Gasteiger charge is -2.21. The van der Waals surface area contributed by atoms with Crippen LogP contribution in [0, 0.1) is 0 Å². The molecule has 0 saturated heterocycles. The molecule has 0 spiro atoms. The Hall–Kier alpha value is -1.84. The molecule has 0 N–H and O–H groups in total. The van der Waals surface area contributed by atoms with Gasteiger partial charge in [0.2, 0.25) is 0 Å². The molecule has 0 aliphatic heterocycles. The van der Waals surface area contributed by atoms with Gasteiger partial charge in [-0.3, -0.25) is 4.98 Å². The highest BCUT2D eigenvalue weighted by Gasteiger charge is 2.39. The third-order valence-electron chi connectivity index (χ3n) is 3.74. The predicted octanol–water partition coefficient (Wildman–Crippen LogP) is 4.41. The maximum atomic E-state index is 12.8. The first-order valence-electron chi connectivity index (χ1n) is 5.99. The van der Waals surface area contributed by atoms with Crippen LogP contribution in [0.15, 0.2) is 36.5 Å². The zero-order valence-electron chi connectivity index (χ0n) is 10.5. The molecule has 0 amide bonds. The van der Waals surface area contributed by atoms with Gasteiger partial charge in [-0.2, -0.15) is 13.2 Å². The molecule has 0 fully saturated rings. The largest absolute Gasteiger partial charge is 0.417 e. The van der Waals surface area contributed by atoms with Gasteiger partial charge in [0, 0.05) is 17.2 Å². The molecular weight excluding hydrogens is 251 g/mol. The average molecular weight is 263 g/mol. The molecular formula is C15H12F3N. The van der Waals surface area contributed by atoms with Crippen molar-refractivity contribution >= 4 is 0 Å². The van der Waals surface area contributed by atoms with Crippen LogP contribution in [0.4, 0.5) is 13.2 Å². The van der Waals surface area contributed by atoms with Crippen LogP contribution in [-0.4, -0.2) is 4.98 Å². The van der Waals surface area contributed by atoms with Gasteiger partial charge in [-0.25, -0.2) is 0 Å². The Morgan fingerprint density at radius 3 is 2.42 bits per heavy atom. The van der Waals surface area contributed by atoms with Crippen molar-refractivity contribution < 1.29 is 13.2 Å². The Labute approximate surface area is 109 Å². The Balaban J connectivity index is 2.27. The van der Waals surface area contributed by atoms with Crippen molar-refractivity contribution in [2.45, 2.75) is 25.4 Å². The van der Waals surface area contributed by atoms with Crippen LogP contribution in [0.1, 0.15) is 30.5 Å². The lowest BCUT2D eigenvalue weighted by atomic mass is 9.82. The first-order valence-corrected chi connectivity index (χ1v) is 5.99. The summed E-state index contributed by atoms with van der Waals surface area (Å²) in [6.45, 7) is 3.86. The molecule has 1 nitrogen and oxygen atoms in total. The SMILES string of the molecule is CC1(C)c2ccccc2-c2ncc(C(F)(F)F)cc21. The minimum absolute atomic E-state index is 0.444. The Morgan fingerprint density at radius 1 is 1.05 bits per heavy atom. The number of rotatable bonds is 0. The summed E-state index contributed by atoms with van der Waals surface area (Å²) in [6, 6.07) is 8.86. The molecule has 0 bridgehead atoms. The predicted molar refractivity (Wildman–Crippen MR) is 66.8 cm³/mol. The molecule has 1 heterocycles. The fraction of sp³-hybridized carbons (Fsp3) is 0.267. The molecule has 2 aromatic rings. The number of hydrogen-bond donors (Lipinski definition) is 0. The summed E-state index contributed by atoms with van der Waals surface area (Å²) in [5, 5.41) is 0. The molecule has 0 unspecified atom stereocenters. The lowest BCUT2D eigenvalue weighted by Crippen LogP contribution is -2.16. The number of pyridine rings is 1. The molecule has 4 heteroatoms. The summed E-state index contributed by atoms with van der Waals surface area (Å²) in [6.07, 6.45) is -3.44. The third kappa shape index (κ3) is 1.66. The Morgan fingerprint density at radius 2 is 1.74 bits per heavy atom. The highest BCUT2D eigenvalue weighted by molar-refractivity contribution is 5.77. The van der Waals surface area contributed by atoms with Gasteiger partial charge in [0.1, 0.15) is 0 Å². The highest BCUT2D eigenvalue weighted by atomic mass is 19.4. The van der Waals surface area contributed by atoms with Crippen LogP contribution in [0.25, 0.3) is 11.3 Å². The van der Waals surface area contributed by atoms with E-state index in [-0.39, 0.29) is 0 Å². The van der Waals surface area contributed by atoms with Crippen molar-refractivity contribution in [1.82, 2.24) is 4.98 Å². The van der Waals surface area contributed by atoms with Gasteiger partial charge in [0.15, 0.2) is 0 Å². The average Bonchev–Trinajstić information content (AvgIpc) is 2.58. The van der Waals surface area contributed by atoms with Crippen molar-refractivity contribution in [1.29, 1.82) is 0 Å². The molecule has 0 saturated carbocycles. The van der Waals surface area contributed by atoms with Gasteiger partial charge >= 0.3 is 6.18 Å². The molecule has 0 radical (unpaired) electrons. The van der Waals surface area contributed by atoms with E-state index in [0.717, 1.165) is 17.3 Å². The molecule has 1 aliphatic rings. The quantitative estimate of drug-likeness (QED) is 0.686.